The van der Waals surface area contributed by atoms with Crippen LogP contribution < -0.4 is 4.90 Å². The van der Waals surface area contributed by atoms with E-state index in [1.807, 2.05) is 19.9 Å². The lowest BCUT2D eigenvalue weighted by Gasteiger charge is -2.23. The van der Waals surface area contributed by atoms with Crippen LogP contribution in [0, 0.1) is 24.2 Å². The van der Waals surface area contributed by atoms with Gasteiger partial charge in [-0.15, -0.1) is 0 Å². The van der Waals surface area contributed by atoms with Gasteiger partial charge < -0.3 is 4.90 Å². The van der Waals surface area contributed by atoms with Crippen molar-refractivity contribution in [1.29, 1.82) is 0 Å². The van der Waals surface area contributed by atoms with Crippen LogP contribution in [-0.2, 0) is 0 Å². The zero-order chi connectivity index (χ0) is 16.0. The van der Waals surface area contributed by atoms with Crippen LogP contribution in [0.5, 0.6) is 0 Å². The highest BCUT2D eigenvalue weighted by Crippen LogP contribution is 2.26. The monoisotopic (exact) mass is 290 g/mol. The Kier molecular flexibility index (Phi) is 5.28. The van der Waals surface area contributed by atoms with Crippen LogP contribution >= 0.6 is 0 Å². The second-order valence-electron chi connectivity index (χ2n) is 6.09. The molecule has 0 atom stereocenters. The molecule has 2 aromatic rings. The second kappa shape index (κ2) is 7.18. The van der Waals surface area contributed by atoms with Gasteiger partial charge in [-0.2, -0.15) is 0 Å². The number of nitrogens with zero attached hydrogens (tertiary/aromatic N) is 1. The van der Waals surface area contributed by atoms with Crippen molar-refractivity contribution in [2.45, 2.75) is 20.8 Å². The fourth-order valence-electron chi connectivity index (χ4n) is 2.36. The molecule has 2 rings (SSSR count). The lowest BCUT2D eigenvalue weighted by Crippen LogP contribution is -2.22. The summed E-state index contributed by atoms with van der Waals surface area (Å²) in [6.07, 6.45) is 4.05. The molecule has 0 N–H and O–H groups in total. The third-order valence-corrected chi connectivity index (χ3v) is 3.43. The summed E-state index contributed by atoms with van der Waals surface area (Å²) in [5, 5.41) is 2.58. The number of hydrogen-bond donors (Lipinski definition) is 0. The van der Waals surface area contributed by atoms with Crippen molar-refractivity contribution in [3.05, 3.63) is 61.5 Å². The molecule has 1 radical (unpaired) electrons. The number of benzene rings is 2. The Balaban J connectivity index is 2.17. The van der Waals surface area contributed by atoms with Gasteiger partial charge in [0.2, 0.25) is 0 Å². The molecule has 0 aliphatic rings. The Morgan fingerprint density at radius 1 is 1.14 bits per heavy atom. The number of hydrogen-bond acceptors (Lipinski definition) is 1. The first-order valence-corrected chi connectivity index (χ1v) is 7.77. The van der Waals surface area contributed by atoms with Crippen molar-refractivity contribution < 1.29 is 0 Å². The van der Waals surface area contributed by atoms with E-state index in [1.165, 1.54) is 16.5 Å². The summed E-state index contributed by atoms with van der Waals surface area (Å²) < 4.78 is 0. The number of likely N-dealkylation sites (N-methyl/N-ethyl adjacent to an activating group) is 1. The molecule has 0 spiro atoms. The zero-order valence-corrected chi connectivity index (χ0v) is 13.8. The molecule has 0 unspecified atom stereocenters. The molecule has 0 aliphatic carbocycles. The molecule has 1 heteroatoms. The predicted molar refractivity (Wildman–Crippen MR) is 97.9 cm³/mol. The van der Waals surface area contributed by atoms with E-state index in [0.29, 0.717) is 0 Å². The predicted octanol–water partition coefficient (Wildman–Crippen LogP) is 5.09. The molecule has 1 nitrogen and oxygen atoms in total. The van der Waals surface area contributed by atoms with E-state index in [0.717, 1.165) is 13.1 Å². The van der Waals surface area contributed by atoms with Crippen LogP contribution in [-0.4, -0.2) is 13.1 Å². The quantitative estimate of drug-likeness (QED) is 0.709. The summed E-state index contributed by atoms with van der Waals surface area (Å²) in [6.45, 7) is 12.0. The minimum absolute atomic E-state index is 0.190. The maximum atomic E-state index is 3.98. The average molecular weight is 290 g/mol. The summed E-state index contributed by atoms with van der Waals surface area (Å²) >= 11 is 0. The standard InChI is InChI=1S/C21H24N/c1-5-22(17-10-6-9-16-21(2,3)4)20-15-11-13-18-12-7-8-14-19(18)20/h6-8,10-15H,2,5,17H2,1,3-4H3/b10-6+. The number of fused-ring (bicyclic) bond motifs is 1. The van der Waals surface area contributed by atoms with E-state index in [9.17, 15) is 0 Å². The first kappa shape index (κ1) is 16.2. The zero-order valence-electron chi connectivity index (χ0n) is 13.8. The highest BCUT2D eigenvalue weighted by molar-refractivity contribution is 5.94. The Labute approximate surface area is 134 Å². The van der Waals surface area contributed by atoms with E-state index < -0.39 is 0 Å². The van der Waals surface area contributed by atoms with Crippen LogP contribution in [0.4, 0.5) is 5.69 Å². The molecule has 0 saturated heterocycles. The lowest BCUT2D eigenvalue weighted by molar-refractivity contribution is 0.650. The summed E-state index contributed by atoms with van der Waals surface area (Å²) in [5.74, 6) is 6.19. The lowest BCUT2D eigenvalue weighted by atomic mass is 9.98. The number of rotatable bonds is 4. The Morgan fingerprint density at radius 3 is 2.59 bits per heavy atom. The van der Waals surface area contributed by atoms with Gasteiger partial charge in [-0.3, -0.25) is 0 Å². The van der Waals surface area contributed by atoms with E-state index in [2.05, 4.69) is 79.1 Å². The molecule has 0 aromatic heterocycles. The molecule has 0 aliphatic heterocycles. The van der Waals surface area contributed by atoms with Crippen molar-refractivity contribution in [1.82, 2.24) is 0 Å². The molecule has 0 fully saturated rings. The minimum atomic E-state index is -0.190. The van der Waals surface area contributed by atoms with E-state index in [-0.39, 0.29) is 5.41 Å². The highest BCUT2D eigenvalue weighted by Gasteiger charge is 2.06. The number of anilines is 1. The van der Waals surface area contributed by atoms with Crippen molar-refractivity contribution in [3.8, 4) is 11.8 Å². The number of allylic oxidation sites excluding steroid dienone is 1. The van der Waals surface area contributed by atoms with Crippen molar-refractivity contribution in [3.63, 3.8) is 0 Å². The largest absolute Gasteiger partial charge is 0.368 e. The molecule has 0 amide bonds. The second-order valence-corrected chi connectivity index (χ2v) is 6.09. The Bertz CT molecular complexity index is 702. The fourth-order valence-corrected chi connectivity index (χ4v) is 2.36. The van der Waals surface area contributed by atoms with E-state index >= 15 is 0 Å². The Morgan fingerprint density at radius 2 is 1.86 bits per heavy atom. The molecule has 0 heterocycles. The Hall–Kier alpha value is -2.20. The SMILES string of the molecule is [CH2]C(C)(C)C#C/C=C/CN(CC)c1cccc2ccccc12. The van der Waals surface area contributed by atoms with Gasteiger partial charge in [-0.1, -0.05) is 54.3 Å². The van der Waals surface area contributed by atoms with Crippen molar-refractivity contribution in [2.75, 3.05) is 18.0 Å². The third-order valence-electron chi connectivity index (χ3n) is 3.43. The summed E-state index contributed by atoms with van der Waals surface area (Å²) in [5.41, 5.74) is 1.08. The topological polar surface area (TPSA) is 3.24 Å². The molecule has 22 heavy (non-hydrogen) atoms. The van der Waals surface area contributed by atoms with Crippen LogP contribution in [0.25, 0.3) is 10.8 Å². The van der Waals surface area contributed by atoms with Crippen molar-refractivity contribution >= 4 is 16.5 Å². The van der Waals surface area contributed by atoms with Gasteiger partial charge in [0.25, 0.3) is 0 Å². The van der Waals surface area contributed by atoms with E-state index in [1.54, 1.807) is 0 Å². The van der Waals surface area contributed by atoms with Crippen LogP contribution in [0.2, 0.25) is 0 Å². The molecular weight excluding hydrogens is 266 g/mol. The molecule has 0 bridgehead atoms. The van der Waals surface area contributed by atoms with Gasteiger partial charge >= 0.3 is 0 Å². The van der Waals surface area contributed by atoms with E-state index in [4.69, 9.17) is 0 Å². The molecular formula is C21H24N. The first-order chi connectivity index (χ1) is 10.5. The van der Waals surface area contributed by atoms with Crippen molar-refractivity contribution in [2.24, 2.45) is 5.41 Å². The fraction of sp³-hybridized carbons (Fsp3) is 0.286. The van der Waals surface area contributed by atoms with Gasteiger partial charge in [0, 0.05) is 29.6 Å². The summed E-state index contributed by atoms with van der Waals surface area (Å²) in [6, 6.07) is 15.0. The van der Waals surface area contributed by atoms with Crippen LogP contribution in [0.15, 0.2) is 54.6 Å². The maximum Gasteiger partial charge on any atom is 0.0448 e. The third kappa shape index (κ3) is 4.40. The minimum Gasteiger partial charge on any atom is -0.368 e. The molecule has 113 valence electrons. The van der Waals surface area contributed by atoms with Gasteiger partial charge in [0.15, 0.2) is 0 Å². The maximum absolute atomic E-state index is 3.98. The van der Waals surface area contributed by atoms with Gasteiger partial charge in [-0.05, 0) is 45.2 Å². The molecule has 2 aromatic carbocycles. The van der Waals surface area contributed by atoms with Gasteiger partial charge in [0.1, 0.15) is 0 Å². The first-order valence-electron chi connectivity index (χ1n) is 7.77. The highest BCUT2D eigenvalue weighted by atomic mass is 15.1. The van der Waals surface area contributed by atoms with Gasteiger partial charge in [-0.25, -0.2) is 0 Å². The van der Waals surface area contributed by atoms with Gasteiger partial charge in [0.05, 0.1) is 0 Å². The van der Waals surface area contributed by atoms with Crippen LogP contribution in [0.3, 0.4) is 0 Å². The smallest absolute Gasteiger partial charge is 0.0448 e. The summed E-state index contributed by atoms with van der Waals surface area (Å²) in [4.78, 5) is 2.36. The summed E-state index contributed by atoms with van der Waals surface area (Å²) in [7, 11) is 0. The van der Waals surface area contributed by atoms with Crippen LogP contribution in [0.1, 0.15) is 20.8 Å². The normalized spacial score (nSPS) is 11.5. The molecule has 0 saturated carbocycles. The average Bonchev–Trinajstić information content (AvgIpc) is 2.49.